The summed E-state index contributed by atoms with van der Waals surface area (Å²) in [5, 5.41) is 0. The normalized spacial score (nSPS) is 20.6. The Morgan fingerprint density at radius 3 is 2.50 bits per heavy atom. The zero-order chi connectivity index (χ0) is 18.8. The number of esters is 1. The van der Waals surface area contributed by atoms with Crippen LogP contribution in [0.2, 0.25) is 0 Å². The SMILES string of the molecule is CCOC(C)=O.O=C1CCCCC1C1=CCN(Cc2ccccc2)CC1. The second-order valence-corrected chi connectivity index (χ2v) is 6.94. The summed E-state index contributed by atoms with van der Waals surface area (Å²) in [5.74, 6) is 0.527. The number of ketones is 1. The summed E-state index contributed by atoms with van der Waals surface area (Å²) in [4.78, 5) is 24.3. The van der Waals surface area contributed by atoms with Gasteiger partial charge in [-0.15, -0.1) is 0 Å². The van der Waals surface area contributed by atoms with E-state index < -0.39 is 0 Å². The maximum Gasteiger partial charge on any atom is 0.302 e. The molecule has 3 rings (SSSR count). The standard InChI is InChI=1S/C18H23NO.C4H8O2/c20-18-9-5-4-8-17(18)16-10-12-19(13-11-16)14-15-6-2-1-3-7-15;1-3-6-4(2)5/h1-3,6-7,10,17H,4-5,8-9,11-14H2;3H2,1-2H3. The molecule has 1 saturated carbocycles. The Morgan fingerprint density at radius 2 is 1.96 bits per heavy atom. The molecule has 4 heteroatoms. The Kier molecular flexibility index (Phi) is 8.56. The van der Waals surface area contributed by atoms with Gasteiger partial charge in [0.15, 0.2) is 0 Å². The molecule has 1 heterocycles. The first kappa shape index (κ1) is 20.4. The average Bonchev–Trinajstić information content (AvgIpc) is 2.64. The van der Waals surface area contributed by atoms with Crippen LogP contribution in [0.5, 0.6) is 0 Å². The Balaban J connectivity index is 0.000000352. The summed E-state index contributed by atoms with van der Waals surface area (Å²) < 4.78 is 4.40. The van der Waals surface area contributed by atoms with Gasteiger partial charge in [0.1, 0.15) is 5.78 Å². The van der Waals surface area contributed by atoms with Crippen LogP contribution in [0, 0.1) is 5.92 Å². The molecule has 1 aromatic rings. The summed E-state index contributed by atoms with van der Waals surface area (Å²) in [5.41, 5.74) is 2.79. The van der Waals surface area contributed by atoms with Crippen molar-refractivity contribution in [1.29, 1.82) is 0 Å². The second-order valence-electron chi connectivity index (χ2n) is 6.94. The lowest BCUT2D eigenvalue weighted by atomic mass is 9.80. The second kappa shape index (κ2) is 10.9. The van der Waals surface area contributed by atoms with Crippen molar-refractivity contribution >= 4 is 11.8 Å². The number of carbonyl (C=O) groups excluding carboxylic acids is 2. The van der Waals surface area contributed by atoms with Crippen LogP contribution in [0.15, 0.2) is 42.0 Å². The van der Waals surface area contributed by atoms with E-state index >= 15 is 0 Å². The van der Waals surface area contributed by atoms with E-state index in [0.717, 1.165) is 45.3 Å². The van der Waals surface area contributed by atoms with E-state index in [4.69, 9.17) is 0 Å². The molecule has 4 nitrogen and oxygen atoms in total. The summed E-state index contributed by atoms with van der Waals surface area (Å²) >= 11 is 0. The number of hydrogen-bond donors (Lipinski definition) is 0. The molecule has 0 saturated heterocycles. The number of carbonyl (C=O) groups is 2. The smallest absolute Gasteiger partial charge is 0.302 e. The van der Waals surface area contributed by atoms with Crippen molar-refractivity contribution in [3.63, 3.8) is 0 Å². The fraction of sp³-hybridized carbons (Fsp3) is 0.545. The van der Waals surface area contributed by atoms with Crippen molar-refractivity contribution in [3.8, 4) is 0 Å². The molecule has 1 aromatic carbocycles. The molecule has 1 atom stereocenters. The van der Waals surface area contributed by atoms with Crippen LogP contribution in [0.3, 0.4) is 0 Å². The predicted octanol–water partition coefficient (Wildman–Crippen LogP) is 4.15. The number of nitrogens with zero attached hydrogens (tertiary/aromatic N) is 1. The van der Waals surface area contributed by atoms with Crippen LogP contribution in [0.4, 0.5) is 0 Å². The highest BCUT2D eigenvalue weighted by molar-refractivity contribution is 5.84. The van der Waals surface area contributed by atoms with E-state index in [0.29, 0.717) is 12.4 Å². The maximum atomic E-state index is 12.0. The third-order valence-corrected chi connectivity index (χ3v) is 4.93. The average molecular weight is 357 g/mol. The van der Waals surface area contributed by atoms with Gasteiger partial charge in [0.25, 0.3) is 0 Å². The lowest BCUT2D eigenvalue weighted by molar-refractivity contribution is -0.140. The minimum atomic E-state index is -0.211. The van der Waals surface area contributed by atoms with Crippen molar-refractivity contribution in [2.45, 2.75) is 52.5 Å². The van der Waals surface area contributed by atoms with E-state index in [1.54, 1.807) is 6.92 Å². The highest BCUT2D eigenvalue weighted by atomic mass is 16.5. The first-order chi connectivity index (χ1) is 12.6. The van der Waals surface area contributed by atoms with Gasteiger partial charge in [-0.3, -0.25) is 14.5 Å². The van der Waals surface area contributed by atoms with Crippen molar-refractivity contribution in [2.24, 2.45) is 5.92 Å². The first-order valence-electron chi connectivity index (χ1n) is 9.71. The van der Waals surface area contributed by atoms with Crippen LogP contribution in [-0.2, 0) is 20.9 Å². The molecular formula is C22H31NO3. The molecule has 0 amide bonds. The molecule has 142 valence electrons. The fourth-order valence-electron chi connectivity index (χ4n) is 3.61. The van der Waals surface area contributed by atoms with Gasteiger partial charge in [-0.25, -0.2) is 0 Å². The quantitative estimate of drug-likeness (QED) is 0.600. The van der Waals surface area contributed by atoms with Crippen molar-refractivity contribution in [3.05, 3.63) is 47.5 Å². The van der Waals surface area contributed by atoms with E-state index in [9.17, 15) is 9.59 Å². The van der Waals surface area contributed by atoms with Crippen LogP contribution in [0.25, 0.3) is 0 Å². The molecule has 1 fully saturated rings. The Bertz CT molecular complexity index is 609. The third-order valence-electron chi connectivity index (χ3n) is 4.93. The van der Waals surface area contributed by atoms with E-state index in [1.165, 1.54) is 24.5 Å². The zero-order valence-electron chi connectivity index (χ0n) is 16.1. The molecule has 0 spiro atoms. The van der Waals surface area contributed by atoms with Crippen LogP contribution in [-0.4, -0.2) is 36.3 Å². The Labute approximate surface area is 157 Å². The van der Waals surface area contributed by atoms with E-state index in [1.807, 2.05) is 0 Å². The van der Waals surface area contributed by atoms with Crippen LogP contribution in [0.1, 0.15) is 51.5 Å². The summed E-state index contributed by atoms with van der Waals surface area (Å²) in [6, 6.07) is 10.6. The van der Waals surface area contributed by atoms with Crippen molar-refractivity contribution < 1.29 is 14.3 Å². The van der Waals surface area contributed by atoms with E-state index in [-0.39, 0.29) is 11.9 Å². The van der Waals surface area contributed by atoms with Crippen LogP contribution >= 0.6 is 0 Å². The van der Waals surface area contributed by atoms with Crippen molar-refractivity contribution in [2.75, 3.05) is 19.7 Å². The third kappa shape index (κ3) is 6.75. The lowest BCUT2D eigenvalue weighted by Crippen LogP contribution is -2.32. The zero-order valence-corrected chi connectivity index (χ0v) is 16.1. The lowest BCUT2D eigenvalue weighted by Gasteiger charge is -2.31. The molecule has 0 bridgehead atoms. The van der Waals surface area contributed by atoms with Crippen LogP contribution < -0.4 is 0 Å². The van der Waals surface area contributed by atoms with Gasteiger partial charge in [-0.1, -0.05) is 48.4 Å². The molecular weight excluding hydrogens is 326 g/mol. The summed E-state index contributed by atoms with van der Waals surface area (Å²) in [6.07, 6.45) is 7.60. The van der Waals surface area contributed by atoms with Gasteiger partial charge in [0.2, 0.25) is 0 Å². The Morgan fingerprint density at radius 1 is 1.19 bits per heavy atom. The molecule has 26 heavy (non-hydrogen) atoms. The van der Waals surface area contributed by atoms with Gasteiger partial charge >= 0.3 is 5.97 Å². The topological polar surface area (TPSA) is 46.6 Å². The monoisotopic (exact) mass is 357 g/mol. The molecule has 0 radical (unpaired) electrons. The number of Topliss-reactive ketones (excluding diaryl/α,β-unsaturated/α-hetero) is 1. The van der Waals surface area contributed by atoms with Crippen molar-refractivity contribution in [1.82, 2.24) is 4.90 Å². The predicted molar refractivity (Wildman–Crippen MR) is 104 cm³/mol. The molecule has 1 aliphatic carbocycles. The summed E-state index contributed by atoms with van der Waals surface area (Å²) in [7, 11) is 0. The minimum absolute atomic E-state index is 0.211. The highest BCUT2D eigenvalue weighted by Gasteiger charge is 2.27. The molecule has 0 N–H and O–H groups in total. The summed E-state index contributed by atoms with van der Waals surface area (Å²) in [6.45, 7) is 6.75. The maximum absolute atomic E-state index is 12.0. The largest absolute Gasteiger partial charge is 0.466 e. The van der Waals surface area contributed by atoms with Gasteiger partial charge in [-0.2, -0.15) is 0 Å². The van der Waals surface area contributed by atoms with Gasteiger partial charge in [0.05, 0.1) is 6.61 Å². The van der Waals surface area contributed by atoms with Gasteiger partial charge in [0, 0.05) is 38.9 Å². The highest BCUT2D eigenvalue weighted by Crippen LogP contribution is 2.30. The molecule has 1 aliphatic heterocycles. The molecule has 0 aromatic heterocycles. The van der Waals surface area contributed by atoms with Gasteiger partial charge in [-0.05, 0) is 31.7 Å². The van der Waals surface area contributed by atoms with E-state index in [2.05, 4.69) is 46.0 Å². The van der Waals surface area contributed by atoms with Gasteiger partial charge < -0.3 is 4.74 Å². The molecule has 2 aliphatic rings. The first-order valence-corrected chi connectivity index (χ1v) is 9.71. The number of ether oxygens (including phenoxy) is 1. The Hall–Kier alpha value is -1.94. The fourth-order valence-corrected chi connectivity index (χ4v) is 3.61. The number of benzene rings is 1. The number of hydrogen-bond acceptors (Lipinski definition) is 4. The number of rotatable bonds is 4. The minimum Gasteiger partial charge on any atom is -0.466 e. The molecule has 1 unspecified atom stereocenters.